The van der Waals surface area contributed by atoms with Gasteiger partial charge in [0.2, 0.25) is 5.13 Å². The summed E-state index contributed by atoms with van der Waals surface area (Å²) >= 11 is 1.53. The van der Waals surface area contributed by atoms with Crippen LogP contribution in [0.5, 0.6) is 0 Å². The minimum absolute atomic E-state index is 0.0117. The Hall–Kier alpha value is -2.67. The molecule has 2 aromatic carbocycles. The molecule has 0 unspecified atom stereocenters. The maximum Gasteiger partial charge on any atom is 0.231 e. The number of hydrogen-bond donors (Lipinski definition) is 2. The summed E-state index contributed by atoms with van der Waals surface area (Å²) in [4.78, 5) is 6.87. The molecule has 0 aliphatic heterocycles. The van der Waals surface area contributed by atoms with Crippen LogP contribution in [0, 0.1) is 13.8 Å². The second-order valence-corrected chi connectivity index (χ2v) is 11.9. The minimum Gasteiger partial charge on any atom is -0.394 e. The Morgan fingerprint density at radius 3 is 1.52 bits per heavy atom. The summed E-state index contributed by atoms with van der Waals surface area (Å²) in [5.41, 5.74) is 4.92. The number of nitrogens with zero attached hydrogens (tertiary/aromatic N) is 4. The lowest BCUT2D eigenvalue weighted by molar-refractivity contribution is -0.00591. The lowest BCUT2D eigenvalue weighted by Gasteiger charge is -2.25. The molecular weight excluding hydrogens is 668 g/mol. The number of aryl methyl sites for hydroxylation is 2. The molecule has 0 radical (unpaired) electrons. The van der Waals surface area contributed by atoms with Crippen molar-refractivity contribution in [2.45, 2.75) is 13.8 Å². The first kappa shape index (κ1) is 41.7. The van der Waals surface area contributed by atoms with E-state index in [9.17, 15) is 0 Å². The van der Waals surface area contributed by atoms with E-state index in [0.717, 1.165) is 32.7 Å². The first-order valence-electron chi connectivity index (χ1n) is 17.1. The van der Waals surface area contributed by atoms with E-state index in [4.69, 9.17) is 48.1 Å². The third kappa shape index (κ3) is 17.5. The van der Waals surface area contributed by atoms with Crippen LogP contribution in [0.25, 0.3) is 10.2 Å². The minimum atomic E-state index is 0.0117. The normalized spacial score (nSPS) is 11.8. The predicted molar refractivity (Wildman–Crippen MR) is 193 cm³/mol. The highest BCUT2D eigenvalue weighted by molar-refractivity contribution is 7.21. The van der Waals surface area contributed by atoms with Crippen molar-refractivity contribution < 1.29 is 48.1 Å². The van der Waals surface area contributed by atoms with Crippen molar-refractivity contribution in [3.63, 3.8) is 0 Å². The number of fused-ring (bicyclic) bond motifs is 1. The first-order valence-corrected chi connectivity index (χ1v) is 17.9. The van der Waals surface area contributed by atoms with Crippen molar-refractivity contribution in [1.29, 1.82) is 0 Å². The summed E-state index contributed by atoms with van der Waals surface area (Å²) < 4.78 is 45.2. The van der Waals surface area contributed by atoms with Gasteiger partial charge in [0.15, 0.2) is 0 Å². The largest absolute Gasteiger partial charge is 0.394 e. The number of ether oxygens (including phenoxy) is 8. The number of thiazole rings is 1. The van der Waals surface area contributed by atoms with Crippen LogP contribution in [0.2, 0.25) is 0 Å². The summed E-state index contributed by atoms with van der Waals surface area (Å²) in [6.45, 7) is 12.8. The molecule has 1 aromatic heterocycles. The van der Waals surface area contributed by atoms with Crippen LogP contribution in [-0.4, -0.2) is 147 Å². The molecule has 280 valence electrons. The average molecular weight is 723 g/mol. The second kappa shape index (κ2) is 27.0. The fourth-order valence-electron chi connectivity index (χ4n) is 4.53. The Labute approximate surface area is 299 Å². The molecule has 0 aliphatic rings. The van der Waals surface area contributed by atoms with Gasteiger partial charge in [-0.3, -0.25) is 0 Å². The van der Waals surface area contributed by atoms with Gasteiger partial charge in [-0.2, -0.15) is 0 Å². The van der Waals surface area contributed by atoms with Crippen LogP contribution >= 0.6 is 11.3 Å². The predicted octanol–water partition coefficient (Wildman–Crippen LogP) is 4.25. The van der Waals surface area contributed by atoms with Crippen LogP contribution in [0.4, 0.5) is 16.5 Å². The van der Waals surface area contributed by atoms with Gasteiger partial charge in [-0.25, -0.2) is 4.98 Å². The van der Waals surface area contributed by atoms with Gasteiger partial charge >= 0.3 is 0 Å². The lowest BCUT2D eigenvalue weighted by atomic mass is 10.1. The van der Waals surface area contributed by atoms with Gasteiger partial charge in [0.05, 0.1) is 135 Å². The van der Waals surface area contributed by atoms with Crippen molar-refractivity contribution >= 4 is 38.1 Å². The molecule has 15 heteroatoms. The highest BCUT2D eigenvalue weighted by Crippen LogP contribution is 2.32. The number of aliphatic hydroxyl groups is 2. The monoisotopic (exact) mass is 722 g/mol. The maximum absolute atomic E-state index is 8.70. The fraction of sp³-hybridized carbons (Fsp3) is 0.629. The quantitative estimate of drug-likeness (QED) is 0.0721. The van der Waals surface area contributed by atoms with E-state index in [-0.39, 0.29) is 13.2 Å². The van der Waals surface area contributed by atoms with Crippen molar-refractivity contribution in [2.75, 3.05) is 137 Å². The summed E-state index contributed by atoms with van der Waals surface area (Å²) in [6, 6.07) is 12.2. The van der Waals surface area contributed by atoms with Gasteiger partial charge in [0.1, 0.15) is 0 Å². The smallest absolute Gasteiger partial charge is 0.231 e. The molecule has 0 atom stereocenters. The third-order valence-electron chi connectivity index (χ3n) is 7.11. The van der Waals surface area contributed by atoms with Gasteiger partial charge in [0, 0.05) is 18.8 Å². The van der Waals surface area contributed by atoms with Crippen LogP contribution in [0.3, 0.4) is 0 Å². The van der Waals surface area contributed by atoms with Crippen LogP contribution in [0.15, 0.2) is 46.6 Å². The van der Waals surface area contributed by atoms with E-state index in [1.807, 2.05) is 44.2 Å². The SMILES string of the molecule is Cc1cc(N(CCOCCOCCOCCOCCO)CCOCCOCCOCCOCCO)ccc1N=Nc1nc2c(C)cccc2s1. The van der Waals surface area contributed by atoms with Crippen molar-refractivity contribution in [2.24, 2.45) is 10.2 Å². The molecule has 0 bridgehead atoms. The molecular formula is C35H54N4O10S. The molecule has 0 amide bonds. The highest BCUT2D eigenvalue weighted by atomic mass is 32.1. The number of azo groups is 1. The third-order valence-corrected chi connectivity index (χ3v) is 8.02. The second-order valence-electron chi connectivity index (χ2n) is 10.9. The zero-order chi connectivity index (χ0) is 35.5. The van der Waals surface area contributed by atoms with E-state index in [1.165, 1.54) is 11.3 Å². The Balaban J connectivity index is 1.42. The zero-order valence-corrected chi connectivity index (χ0v) is 30.3. The number of aromatic nitrogens is 1. The molecule has 0 saturated carbocycles. The van der Waals surface area contributed by atoms with Crippen molar-refractivity contribution in [3.05, 3.63) is 47.5 Å². The van der Waals surface area contributed by atoms with Gasteiger partial charge in [0.25, 0.3) is 0 Å². The highest BCUT2D eigenvalue weighted by Gasteiger charge is 2.10. The summed E-state index contributed by atoms with van der Waals surface area (Å²) in [5, 5.41) is 27.0. The number of benzene rings is 2. The molecule has 0 spiro atoms. The lowest BCUT2D eigenvalue weighted by Crippen LogP contribution is -2.31. The summed E-state index contributed by atoms with van der Waals surface area (Å²) in [7, 11) is 0. The molecule has 3 aromatic rings. The molecule has 0 fully saturated rings. The zero-order valence-electron chi connectivity index (χ0n) is 29.5. The van der Waals surface area contributed by atoms with E-state index in [2.05, 4.69) is 26.2 Å². The molecule has 14 nitrogen and oxygen atoms in total. The number of anilines is 1. The Morgan fingerprint density at radius 1 is 0.580 bits per heavy atom. The molecule has 1 heterocycles. The Bertz CT molecular complexity index is 1300. The van der Waals surface area contributed by atoms with E-state index < -0.39 is 0 Å². The van der Waals surface area contributed by atoms with Crippen LogP contribution in [-0.2, 0) is 37.9 Å². The van der Waals surface area contributed by atoms with E-state index in [1.54, 1.807) is 0 Å². The number of aliphatic hydroxyl groups excluding tert-OH is 2. The Kier molecular flexibility index (Phi) is 22.6. The summed E-state index contributed by atoms with van der Waals surface area (Å²) in [6.07, 6.45) is 0. The Morgan fingerprint density at radius 2 is 1.06 bits per heavy atom. The molecule has 3 rings (SSSR count). The maximum atomic E-state index is 8.70. The van der Waals surface area contributed by atoms with Crippen molar-refractivity contribution in [1.82, 2.24) is 4.98 Å². The van der Waals surface area contributed by atoms with Gasteiger partial charge in [-0.15, -0.1) is 10.2 Å². The standard InChI is InChI=1S/C35H54N4O10S/c1-29-4-3-5-33-34(29)36-35(50-33)38-37-32-7-6-31(28-30(32)2)39(8-12-42-16-20-46-24-26-48-22-18-44-14-10-40)9-13-43-17-21-47-25-27-49-23-19-45-15-11-41/h3-7,28,40-41H,8-27H2,1-2H3. The van der Waals surface area contributed by atoms with Gasteiger partial charge < -0.3 is 53.0 Å². The number of para-hydroxylation sites is 1. The van der Waals surface area contributed by atoms with E-state index >= 15 is 0 Å². The molecule has 2 N–H and O–H groups in total. The van der Waals surface area contributed by atoms with Crippen LogP contribution in [0.1, 0.15) is 11.1 Å². The van der Waals surface area contributed by atoms with Crippen LogP contribution < -0.4 is 4.90 Å². The summed E-state index contributed by atoms with van der Waals surface area (Å²) in [5.74, 6) is 0. The topological polar surface area (TPSA) is 155 Å². The number of hydrogen-bond acceptors (Lipinski definition) is 15. The average Bonchev–Trinajstić information content (AvgIpc) is 3.55. The van der Waals surface area contributed by atoms with Gasteiger partial charge in [-0.05, 0) is 49.2 Å². The molecule has 0 saturated heterocycles. The molecule has 0 aliphatic carbocycles. The number of rotatable bonds is 31. The fourth-order valence-corrected chi connectivity index (χ4v) is 5.40. The van der Waals surface area contributed by atoms with Gasteiger partial charge in [-0.1, -0.05) is 23.5 Å². The molecule has 50 heavy (non-hydrogen) atoms. The first-order chi connectivity index (χ1) is 24.6. The van der Waals surface area contributed by atoms with E-state index in [0.29, 0.717) is 124 Å². The van der Waals surface area contributed by atoms with Crippen molar-refractivity contribution in [3.8, 4) is 0 Å².